The molecule has 0 aliphatic carbocycles. The highest BCUT2D eigenvalue weighted by molar-refractivity contribution is 5.54. The maximum atomic E-state index is 9.28. The number of aliphatic hydroxyl groups is 1. The van der Waals surface area contributed by atoms with Gasteiger partial charge in [0, 0.05) is 5.56 Å². The summed E-state index contributed by atoms with van der Waals surface area (Å²) in [7, 11) is 0. The van der Waals surface area contributed by atoms with Crippen LogP contribution in [0.15, 0.2) is 24.3 Å². The van der Waals surface area contributed by atoms with E-state index in [1.807, 2.05) is 24.3 Å². The van der Waals surface area contributed by atoms with Gasteiger partial charge in [-0.2, -0.15) is 5.21 Å². The van der Waals surface area contributed by atoms with Gasteiger partial charge in [-0.1, -0.05) is 18.2 Å². The quantitative estimate of drug-likeness (QED) is 0.775. The summed E-state index contributed by atoms with van der Waals surface area (Å²) >= 11 is 0. The van der Waals surface area contributed by atoms with Crippen molar-refractivity contribution in [2.45, 2.75) is 19.4 Å². The van der Waals surface area contributed by atoms with Crippen LogP contribution in [0.5, 0.6) is 0 Å². The van der Waals surface area contributed by atoms with Crippen LogP contribution < -0.4 is 0 Å². The first-order valence-corrected chi connectivity index (χ1v) is 4.76. The highest BCUT2D eigenvalue weighted by atomic mass is 16.3. The first kappa shape index (κ1) is 9.79. The van der Waals surface area contributed by atoms with E-state index in [0.717, 1.165) is 11.1 Å². The van der Waals surface area contributed by atoms with E-state index in [0.29, 0.717) is 12.2 Å². The van der Waals surface area contributed by atoms with Crippen LogP contribution in [-0.4, -0.2) is 31.8 Å². The molecule has 1 aromatic heterocycles. The first-order chi connectivity index (χ1) is 7.25. The summed E-state index contributed by atoms with van der Waals surface area (Å²) in [5.41, 5.74) is 1.97. The molecule has 1 heterocycles. The summed E-state index contributed by atoms with van der Waals surface area (Å²) in [5, 5.41) is 23.0. The molecule has 1 unspecified atom stereocenters. The molecule has 0 saturated heterocycles. The minimum absolute atomic E-state index is 0.342. The number of H-pyrrole nitrogens is 1. The van der Waals surface area contributed by atoms with Gasteiger partial charge in [-0.3, -0.25) is 0 Å². The molecule has 78 valence electrons. The molecule has 0 aliphatic rings. The lowest BCUT2D eigenvalue weighted by atomic mass is 10.1. The number of aromatic nitrogens is 4. The van der Waals surface area contributed by atoms with E-state index < -0.39 is 0 Å². The summed E-state index contributed by atoms with van der Waals surface area (Å²) in [4.78, 5) is 0. The molecular formula is C10H12N4O. The Morgan fingerprint density at radius 1 is 1.47 bits per heavy atom. The topological polar surface area (TPSA) is 74.7 Å². The Morgan fingerprint density at radius 3 is 3.00 bits per heavy atom. The van der Waals surface area contributed by atoms with Crippen molar-refractivity contribution in [2.24, 2.45) is 0 Å². The van der Waals surface area contributed by atoms with Crippen molar-refractivity contribution in [1.29, 1.82) is 0 Å². The molecule has 2 aromatic rings. The molecule has 0 fully saturated rings. The zero-order valence-electron chi connectivity index (χ0n) is 8.38. The van der Waals surface area contributed by atoms with Gasteiger partial charge < -0.3 is 5.11 Å². The number of hydrogen-bond donors (Lipinski definition) is 2. The number of aliphatic hydroxyl groups excluding tert-OH is 1. The van der Waals surface area contributed by atoms with E-state index in [2.05, 4.69) is 20.6 Å². The fraction of sp³-hybridized carbons (Fsp3) is 0.300. The normalized spacial score (nSPS) is 12.7. The van der Waals surface area contributed by atoms with Crippen molar-refractivity contribution in [3.8, 4) is 11.4 Å². The Balaban J connectivity index is 2.27. The third-order valence-corrected chi connectivity index (χ3v) is 2.06. The van der Waals surface area contributed by atoms with Crippen molar-refractivity contribution >= 4 is 0 Å². The Bertz CT molecular complexity index is 425. The van der Waals surface area contributed by atoms with Crippen LogP contribution in [0.25, 0.3) is 11.4 Å². The minimum Gasteiger partial charge on any atom is -0.393 e. The Labute approximate surface area is 87.2 Å². The zero-order valence-corrected chi connectivity index (χ0v) is 8.38. The fourth-order valence-corrected chi connectivity index (χ4v) is 1.46. The summed E-state index contributed by atoms with van der Waals surface area (Å²) in [6.45, 7) is 1.76. The molecule has 0 radical (unpaired) electrons. The molecule has 0 aliphatic heterocycles. The minimum atomic E-state index is -0.342. The van der Waals surface area contributed by atoms with Gasteiger partial charge in [-0.25, -0.2) is 0 Å². The Kier molecular flexibility index (Phi) is 2.73. The molecule has 2 rings (SSSR count). The molecule has 15 heavy (non-hydrogen) atoms. The van der Waals surface area contributed by atoms with Crippen LogP contribution in [0.2, 0.25) is 0 Å². The second-order valence-corrected chi connectivity index (χ2v) is 3.49. The Morgan fingerprint density at radius 2 is 2.33 bits per heavy atom. The van der Waals surface area contributed by atoms with Crippen LogP contribution in [0.1, 0.15) is 12.5 Å². The molecule has 2 N–H and O–H groups in total. The molecule has 0 spiro atoms. The maximum absolute atomic E-state index is 9.28. The van der Waals surface area contributed by atoms with E-state index in [9.17, 15) is 5.11 Å². The molecule has 0 amide bonds. The Hall–Kier alpha value is -1.75. The van der Waals surface area contributed by atoms with Gasteiger partial charge in [-0.05, 0) is 30.2 Å². The molecule has 5 heteroatoms. The van der Waals surface area contributed by atoms with Crippen LogP contribution in [-0.2, 0) is 6.42 Å². The number of rotatable bonds is 3. The number of nitrogens with zero attached hydrogens (tertiary/aromatic N) is 3. The third-order valence-electron chi connectivity index (χ3n) is 2.06. The second-order valence-electron chi connectivity index (χ2n) is 3.49. The number of tetrazole rings is 1. The van der Waals surface area contributed by atoms with Crippen molar-refractivity contribution in [3.63, 3.8) is 0 Å². The second kappa shape index (κ2) is 4.18. The lowest BCUT2D eigenvalue weighted by Crippen LogP contribution is -2.03. The van der Waals surface area contributed by atoms with Crippen molar-refractivity contribution in [1.82, 2.24) is 20.6 Å². The van der Waals surface area contributed by atoms with Gasteiger partial charge in [-0.15, -0.1) is 10.2 Å². The molecule has 0 saturated carbocycles. The SMILES string of the molecule is CC(O)Cc1cccc(-c2nn[nH]n2)c1. The van der Waals surface area contributed by atoms with Crippen LogP contribution >= 0.6 is 0 Å². The highest BCUT2D eigenvalue weighted by Crippen LogP contribution is 2.15. The fourth-order valence-electron chi connectivity index (χ4n) is 1.46. The molecule has 1 atom stereocenters. The molecular weight excluding hydrogens is 192 g/mol. The van der Waals surface area contributed by atoms with Crippen molar-refractivity contribution in [3.05, 3.63) is 29.8 Å². The lowest BCUT2D eigenvalue weighted by Gasteiger charge is -2.04. The van der Waals surface area contributed by atoms with E-state index in [1.54, 1.807) is 6.92 Å². The molecule has 5 nitrogen and oxygen atoms in total. The largest absolute Gasteiger partial charge is 0.393 e. The smallest absolute Gasteiger partial charge is 0.204 e. The molecule has 1 aromatic carbocycles. The summed E-state index contributed by atoms with van der Waals surface area (Å²) in [6, 6.07) is 7.76. The summed E-state index contributed by atoms with van der Waals surface area (Å²) in [6.07, 6.45) is 0.289. The van der Waals surface area contributed by atoms with Gasteiger partial charge in [0.25, 0.3) is 0 Å². The first-order valence-electron chi connectivity index (χ1n) is 4.76. The van der Waals surface area contributed by atoms with Crippen LogP contribution in [0.3, 0.4) is 0 Å². The van der Waals surface area contributed by atoms with Gasteiger partial charge in [0.15, 0.2) is 0 Å². The predicted molar refractivity (Wildman–Crippen MR) is 55.0 cm³/mol. The number of hydrogen-bond acceptors (Lipinski definition) is 4. The van der Waals surface area contributed by atoms with Crippen LogP contribution in [0, 0.1) is 0 Å². The monoisotopic (exact) mass is 204 g/mol. The van der Waals surface area contributed by atoms with E-state index in [4.69, 9.17) is 0 Å². The number of aromatic amines is 1. The average Bonchev–Trinajstić information content (AvgIpc) is 2.69. The third kappa shape index (κ3) is 2.38. The van der Waals surface area contributed by atoms with Gasteiger partial charge in [0.1, 0.15) is 0 Å². The van der Waals surface area contributed by atoms with Gasteiger partial charge in [0.05, 0.1) is 6.10 Å². The average molecular weight is 204 g/mol. The molecule has 0 bridgehead atoms. The van der Waals surface area contributed by atoms with Gasteiger partial charge in [0.2, 0.25) is 5.82 Å². The summed E-state index contributed by atoms with van der Waals surface area (Å²) in [5.74, 6) is 0.572. The zero-order chi connectivity index (χ0) is 10.7. The van der Waals surface area contributed by atoms with Crippen LogP contribution in [0.4, 0.5) is 0 Å². The maximum Gasteiger partial charge on any atom is 0.204 e. The highest BCUT2D eigenvalue weighted by Gasteiger charge is 2.04. The van der Waals surface area contributed by atoms with E-state index in [-0.39, 0.29) is 6.10 Å². The van der Waals surface area contributed by atoms with E-state index in [1.165, 1.54) is 0 Å². The number of benzene rings is 1. The van der Waals surface area contributed by atoms with Crippen molar-refractivity contribution in [2.75, 3.05) is 0 Å². The number of nitrogens with one attached hydrogen (secondary N) is 1. The summed E-state index contributed by atoms with van der Waals surface area (Å²) < 4.78 is 0. The standard InChI is InChI=1S/C10H12N4O/c1-7(15)5-8-3-2-4-9(6-8)10-11-13-14-12-10/h2-4,6-7,15H,5H2,1H3,(H,11,12,13,14). The lowest BCUT2D eigenvalue weighted by molar-refractivity contribution is 0.195. The predicted octanol–water partition coefficient (Wildman–Crippen LogP) is 0.790. The van der Waals surface area contributed by atoms with Crippen molar-refractivity contribution < 1.29 is 5.11 Å². The van der Waals surface area contributed by atoms with E-state index >= 15 is 0 Å². The van der Waals surface area contributed by atoms with Gasteiger partial charge >= 0.3 is 0 Å².